The molecule has 5 nitrogen and oxygen atoms in total. The van der Waals surface area contributed by atoms with Crippen LogP contribution in [0.15, 0.2) is 47.0 Å². The molecule has 0 bridgehead atoms. The Kier molecular flexibility index (Phi) is 5.04. The molecule has 2 aromatic rings. The van der Waals surface area contributed by atoms with Crippen LogP contribution in [0.2, 0.25) is 0 Å². The summed E-state index contributed by atoms with van der Waals surface area (Å²) in [5, 5.41) is 9.53. The van der Waals surface area contributed by atoms with Crippen molar-refractivity contribution in [2.24, 2.45) is 16.5 Å². The van der Waals surface area contributed by atoms with Crippen molar-refractivity contribution in [1.82, 2.24) is 0 Å². The van der Waals surface area contributed by atoms with Gasteiger partial charge in [0, 0.05) is 5.57 Å². The Hall–Kier alpha value is -3.08. The minimum absolute atomic E-state index is 0.248. The van der Waals surface area contributed by atoms with Gasteiger partial charge in [-0.2, -0.15) is 4.99 Å². The number of hydrogen-bond donors (Lipinski definition) is 3. The van der Waals surface area contributed by atoms with Gasteiger partial charge in [0.1, 0.15) is 5.75 Å². The maximum atomic E-state index is 11.8. The van der Waals surface area contributed by atoms with Gasteiger partial charge in [-0.05, 0) is 66.8 Å². The smallest absolute Gasteiger partial charge is 0.275 e. The van der Waals surface area contributed by atoms with E-state index in [1.165, 1.54) is 0 Å². The highest BCUT2D eigenvalue weighted by Gasteiger charge is 2.07. The SMILES string of the molecule is CC(=Cc1ccc(-c2ccc(O)cc2C)cc1C)C(=O)N=C(N)N. The van der Waals surface area contributed by atoms with Crippen LogP contribution in [0, 0.1) is 13.8 Å². The van der Waals surface area contributed by atoms with Crippen molar-refractivity contribution in [1.29, 1.82) is 0 Å². The van der Waals surface area contributed by atoms with Crippen LogP contribution in [0.4, 0.5) is 0 Å². The number of rotatable bonds is 3. The fraction of sp³-hybridized carbons (Fsp3) is 0.158. The number of phenolic OH excluding ortho intramolecular Hbond substituents is 1. The van der Waals surface area contributed by atoms with E-state index in [9.17, 15) is 9.90 Å². The summed E-state index contributed by atoms with van der Waals surface area (Å²) < 4.78 is 0. The van der Waals surface area contributed by atoms with Gasteiger partial charge < -0.3 is 16.6 Å². The molecule has 0 heterocycles. The molecule has 124 valence electrons. The third kappa shape index (κ3) is 4.01. The molecular weight excluding hydrogens is 302 g/mol. The number of amides is 1. The molecule has 5 N–H and O–H groups in total. The molecule has 2 aromatic carbocycles. The second-order valence-electron chi connectivity index (χ2n) is 5.74. The average Bonchev–Trinajstić information content (AvgIpc) is 2.48. The number of phenols is 1. The summed E-state index contributed by atoms with van der Waals surface area (Å²) in [5.74, 6) is -0.447. The number of benzene rings is 2. The third-order valence-electron chi connectivity index (χ3n) is 3.73. The number of nitrogens with two attached hydrogens (primary N) is 2. The topological polar surface area (TPSA) is 102 Å². The Morgan fingerprint density at radius 1 is 1.08 bits per heavy atom. The van der Waals surface area contributed by atoms with Crippen LogP contribution in [-0.4, -0.2) is 17.0 Å². The lowest BCUT2D eigenvalue weighted by molar-refractivity contribution is -0.114. The van der Waals surface area contributed by atoms with Crippen molar-refractivity contribution in [3.63, 3.8) is 0 Å². The lowest BCUT2D eigenvalue weighted by Gasteiger charge is -2.10. The van der Waals surface area contributed by atoms with Gasteiger partial charge in [-0.15, -0.1) is 0 Å². The molecule has 0 radical (unpaired) electrons. The zero-order valence-electron chi connectivity index (χ0n) is 14.0. The van der Waals surface area contributed by atoms with E-state index in [4.69, 9.17) is 11.5 Å². The minimum atomic E-state index is -0.451. The Morgan fingerprint density at radius 3 is 2.38 bits per heavy atom. The summed E-state index contributed by atoms with van der Waals surface area (Å²) in [6, 6.07) is 11.3. The Bertz CT molecular complexity index is 848. The summed E-state index contributed by atoms with van der Waals surface area (Å²) in [6.07, 6.45) is 1.76. The normalized spacial score (nSPS) is 11.2. The van der Waals surface area contributed by atoms with E-state index in [0.717, 1.165) is 27.8 Å². The maximum Gasteiger partial charge on any atom is 0.275 e. The number of carbonyl (C=O) groups is 1. The van der Waals surface area contributed by atoms with Crippen LogP contribution in [0.5, 0.6) is 5.75 Å². The van der Waals surface area contributed by atoms with Crippen molar-refractivity contribution in [3.05, 3.63) is 58.7 Å². The molecule has 0 spiro atoms. The molecule has 0 saturated heterocycles. The highest BCUT2D eigenvalue weighted by molar-refractivity contribution is 6.03. The molecule has 0 aliphatic carbocycles. The average molecular weight is 323 g/mol. The quantitative estimate of drug-likeness (QED) is 0.459. The number of aryl methyl sites for hydroxylation is 2. The lowest BCUT2D eigenvalue weighted by atomic mass is 9.96. The molecule has 0 fully saturated rings. The second kappa shape index (κ2) is 7.00. The van der Waals surface area contributed by atoms with Gasteiger partial charge in [-0.1, -0.05) is 24.3 Å². The number of carbonyl (C=O) groups excluding carboxylic acids is 1. The van der Waals surface area contributed by atoms with Crippen LogP contribution < -0.4 is 11.5 Å². The summed E-state index contributed by atoms with van der Waals surface area (Å²) >= 11 is 0. The Labute approximate surface area is 141 Å². The zero-order chi connectivity index (χ0) is 17.9. The fourth-order valence-corrected chi connectivity index (χ4v) is 2.48. The molecule has 0 aromatic heterocycles. The van der Waals surface area contributed by atoms with Gasteiger partial charge in [0.05, 0.1) is 0 Å². The van der Waals surface area contributed by atoms with E-state index in [0.29, 0.717) is 5.57 Å². The van der Waals surface area contributed by atoms with E-state index >= 15 is 0 Å². The van der Waals surface area contributed by atoms with Crippen molar-refractivity contribution >= 4 is 17.9 Å². The van der Waals surface area contributed by atoms with Crippen molar-refractivity contribution < 1.29 is 9.90 Å². The second-order valence-corrected chi connectivity index (χ2v) is 5.74. The minimum Gasteiger partial charge on any atom is -0.508 e. The van der Waals surface area contributed by atoms with Crippen LogP contribution in [-0.2, 0) is 4.79 Å². The molecule has 5 heteroatoms. The first-order valence-electron chi connectivity index (χ1n) is 7.51. The molecule has 0 unspecified atom stereocenters. The number of aromatic hydroxyl groups is 1. The van der Waals surface area contributed by atoms with Gasteiger partial charge in [0.15, 0.2) is 5.96 Å². The van der Waals surface area contributed by atoms with Crippen molar-refractivity contribution in [2.75, 3.05) is 0 Å². The monoisotopic (exact) mass is 323 g/mol. The first kappa shape index (κ1) is 17.3. The highest BCUT2D eigenvalue weighted by atomic mass is 16.3. The van der Waals surface area contributed by atoms with Gasteiger partial charge >= 0.3 is 0 Å². The lowest BCUT2D eigenvalue weighted by Crippen LogP contribution is -2.24. The summed E-state index contributed by atoms with van der Waals surface area (Å²) in [6.45, 7) is 5.60. The molecule has 0 saturated carbocycles. The van der Waals surface area contributed by atoms with Crippen LogP contribution >= 0.6 is 0 Å². The standard InChI is InChI=1S/C19H21N3O2/c1-11-8-15(17-7-6-16(23)10-12(17)2)5-4-14(11)9-13(3)18(24)22-19(20)21/h4-10,23H,1-3H3,(H4,20,21,22,24). The molecule has 2 rings (SSSR count). The highest BCUT2D eigenvalue weighted by Crippen LogP contribution is 2.28. The molecule has 24 heavy (non-hydrogen) atoms. The predicted octanol–water partition coefficient (Wildman–Crippen LogP) is 2.88. The molecule has 0 aliphatic rings. The fourth-order valence-electron chi connectivity index (χ4n) is 2.48. The third-order valence-corrected chi connectivity index (χ3v) is 3.73. The van der Waals surface area contributed by atoms with E-state index in [2.05, 4.69) is 4.99 Å². The van der Waals surface area contributed by atoms with Crippen LogP contribution in [0.25, 0.3) is 17.2 Å². The molecule has 0 aliphatic heterocycles. The van der Waals surface area contributed by atoms with Crippen molar-refractivity contribution in [3.8, 4) is 16.9 Å². The molecule has 1 amide bonds. The predicted molar refractivity (Wildman–Crippen MR) is 97.5 cm³/mol. The summed E-state index contributed by atoms with van der Waals surface area (Å²) in [4.78, 5) is 15.3. The first-order valence-corrected chi connectivity index (χ1v) is 7.51. The zero-order valence-corrected chi connectivity index (χ0v) is 14.0. The summed E-state index contributed by atoms with van der Waals surface area (Å²) in [7, 11) is 0. The molecular formula is C19H21N3O2. The van der Waals surface area contributed by atoms with E-state index < -0.39 is 5.91 Å². The van der Waals surface area contributed by atoms with E-state index in [-0.39, 0.29) is 11.7 Å². The number of nitrogens with zero attached hydrogens (tertiary/aromatic N) is 1. The van der Waals surface area contributed by atoms with Gasteiger partial charge in [0.2, 0.25) is 0 Å². The van der Waals surface area contributed by atoms with Crippen molar-refractivity contribution in [2.45, 2.75) is 20.8 Å². The summed E-state index contributed by atoms with van der Waals surface area (Å²) in [5.41, 5.74) is 16.0. The molecule has 0 atom stereocenters. The maximum absolute atomic E-state index is 11.8. The van der Waals surface area contributed by atoms with Gasteiger partial charge in [-0.3, -0.25) is 4.79 Å². The van der Waals surface area contributed by atoms with Crippen LogP contribution in [0.3, 0.4) is 0 Å². The van der Waals surface area contributed by atoms with E-state index in [1.807, 2.05) is 38.1 Å². The Morgan fingerprint density at radius 2 is 1.79 bits per heavy atom. The number of hydrogen-bond acceptors (Lipinski definition) is 2. The number of aliphatic imine (C=N–C) groups is 1. The van der Waals surface area contributed by atoms with Gasteiger partial charge in [-0.25, -0.2) is 0 Å². The Balaban J connectivity index is 2.37. The largest absolute Gasteiger partial charge is 0.508 e. The van der Waals surface area contributed by atoms with E-state index in [1.54, 1.807) is 25.1 Å². The number of guanidine groups is 1. The van der Waals surface area contributed by atoms with Crippen LogP contribution in [0.1, 0.15) is 23.6 Å². The van der Waals surface area contributed by atoms with Gasteiger partial charge in [0.25, 0.3) is 5.91 Å². The first-order chi connectivity index (χ1) is 11.3.